The highest BCUT2D eigenvalue weighted by Gasteiger charge is 2.62. The van der Waals surface area contributed by atoms with Gasteiger partial charge in [0, 0.05) is 6.04 Å². The summed E-state index contributed by atoms with van der Waals surface area (Å²) in [5.41, 5.74) is -0.601. The molecule has 0 unspecified atom stereocenters. The highest BCUT2D eigenvalue weighted by Crippen LogP contribution is 2.46. The van der Waals surface area contributed by atoms with Crippen LogP contribution < -0.4 is 0 Å². The first-order valence-corrected chi connectivity index (χ1v) is 11.8. The smallest absolute Gasteiger partial charge is 0.410 e. The maximum atomic E-state index is 13.6. The summed E-state index contributed by atoms with van der Waals surface area (Å²) in [6, 6.07) is 8.11. The average molecular weight is 407 g/mol. The van der Waals surface area contributed by atoms with Gasteiger partial charge in [-0.1, -0.05) is 18.2 Å². The van der Waals surface area contributed by atoms with Crippen LogP contribution in [0.5, 0.6) is 0 Å². The maximum absolute atomic E-state index is 13.6. The lowest BCUT2D eigenvalue weighted by Crippen LogP contribution is -2.52. The van der Waals surface area contributed by atoms with Gasteiger partial charge in [-0.15, -0.1) is 0 Å². The SMILES string of the molecule is CC(C)(C)OC(=O)N1[C@@H]2CC[C@H]1[C@H](N1CCCC1)[C@H]2S(=O)(=O)c1ccccc1. The highest BCUT2D eigenvalue weighted by atomic mass is 32.2. The first-order chi connectivity index (χ1) is 13.2. The molecule has 3 saturated heterocycles. The molecule has 1 aromatic rings. The molecule has 2 bridgehead atoms. The van der Waals surface area contributed by atoms with Crippen LogP contribution in [0.4, 0.5) is 4.79 Å². The van der Waals surface area contributed by atoms with Crippen LogP contribution >= 0.6 is 0 Å². The topological polar surface area (TPSA) is 66.9 Å². The Labute approximate surface area is 167 Å². The third-order valence-corrected chi connectivity index (χ3v) is 8.42. The van der Waals surface area contributed by atoms with E-state index in [2.05, 4.69) is 4.90 Å². The van der Waals surface area contributed by atoms with E-state index in [0.29, 0.717) is 11.3 Å². The van der Waals surface area contributed by atoms with Crippen LogP contribution in [0, 0.1) is 0 Å². The van der Waals surface area contributed by atoms with Crippen molar-refractivity contribution < 1.29 is 17.9 Å². The molecule has 0 spiro atoms. The second kappa shape index (κ2) is 7.02. The van der Waals surface area contributed by atoms with E-state index < -0.39 is 20.7 Å². The number of amides is 1. The van der Waals surface area contributed by atoms with Crippen LogP contribution in [0.3, 0.4) is 0 Å². The van der Waals surface area contributed by atoms with E-state index in [1.54, 1.807) is 29.2 Å². The lowest BCUT2D eigenvalue weighted by atomic mass is 9.94. The molecular weight excluding hydrogens is 376 g/mol. The predicted octanol–water partition coefficient (Wildman–Crippen LogP) is 3.08. The Morgan fingerprint density at radius 2 is 1.64 bits per heavy atom. The molecule has 0 N–H and O–H groups in total. The summed E-state index contributed by atoms with van der Waals surface area (Å²) in [4.78, 5) is 17.4. The largest absolute Gasteiger partial charge is 0.444 e. The summed E-state index contributed by atoms with van der Waals surface area (Å²) >= 11 is 0. The Morgan fingerprint density at radius 3 is 2.25 bits per heavy atom. The van der Waals surface area contributed by atoms with Crippen molar-refractivity contribution in [2.24, 2.45) is 0 Å². The van der Waals surface area contributed by atoms with Crippen molar-refractivity contribution in [2.45, 2.75) is 80.3 Å². The van der Waals surface area contributed by atoms with Gasteiger partial charge in [0.25, 0.3) is 0 Å². The van der Waals surface area contributed by atoms with Gasteiger partial charge in [0.15, 0.2) is 9.84 Å². The molecule has 1 amide bonds. The van der Waals surface area contributed by atoms with E-state index in [-0.39, 0.29) is 24.2 Å². The van der Waals surface area contributed by atoms with Crippen LogP contribution in [0.1, 0.15) is 46.5 Å². The second-order valence-electron chi connectivity index (χ2n) is 9.16. The molecule has 154 valence electrons. The van der Waals surface area contributed by atoms with Gasteiger partial charge in [-0.3, -0.25) is 9.80 Å². The van der Waals surface area contributed by atoms with Gasteiger partial charge >= 0.3 is 6.09 Å². The van der Waals surface area contributed by atoms with Crippen molar-refractivity contribution in [2.75, 3.05) is 13.1 Å². The third kappa shape index (κ3) is 3.32. The highest BCUT2D eigenvalue weighted by molar-refractivity contribution is 7.92. The van der Waals surface area contributed by atoms with Crippen molar-refractivity contribution in [3.63, 3.8) is 0 Å². The fraction of sp³-hybridized carbons (Fsp3) is 0.667. The number of carbonyl (C=O) groups is 1. The molecule has 3 aliphatic heterocycles. The molecule has 0 aromatic heterocycles. The Kier molecular flexibility index (Phi) is 4.94. The van der Waals surface area contributed by atoms with E-state index in [4.69, 9.17) is 4.74 Å². The molecule has 1 aromatic carbocycles. The average Bonchev–Trinajstić information content (AvgIpc) is 3.35. The minimum atomic E-state index is -3.56. The van der Waals surface area contributed by atoms with E-state index in [9.17, 15) is 13.2 Å². The first-order valence-electron chi connectivity index (χ1n) is 10.2. The predicted molar refractivity (Wildman–Crippen MR) is 107 cm³/mol. The first kappa shape index (κ1) is 19.7. The van der Waals surface area contributed by atoms with Crippen LogP contribution in [0.25, 0.3) is 0 Å². The van der Waals surface area contributed by atoms with E-state index in [1.165, 1.54) is 0 Å². The summed E-state index contributed by atoms with van der Waals surface area (Å²) < 4.78 is 32.9. The lowest BCUT2D eigenvalue weighted by molar-refractivity contribution is 0.0195. The number of sulfone groups is 1. The van der Waals surface area contributed by atoms with Gasteiger partial charge in [-0.05, 0) is 71.7 Å². The number of rotatable bonds is 3. The van der Waals surface area contributed by atoms with Crippen molar-refractivity contribution in [3.05, 3.63) is 30.3 Å². The normalized spacial score (nSPS) is 30.8. The van der Waals surface area contributed by atoms with Crippen LogP contribution in [0.15, 0.2) is 35.2 Å². The van der Waals surface area contributed by atoms with Crippen molar-refractivity contribution >= 4 is 15.9 Å². The Morgan fingerprint density at radius 1 is 1.04 bits per heavy atom. The van der Waals surface area contributed by atoms with Gasteiger partial charge in [0.05, 0.1) is 17.0 Å². The molecular formula is C21H30N2O4S. The number of hydrogen-bond donors (Lipinski definition) is 0. The van der Waals surface area contributed by atoms with Crippen molar-refractivity contribution in [3.8, 4) is 0 Å². The number of ether oxygens (including phenoxy) is 1. The Bertz CT molecular complexity index is 828. The molecule has 0 aliphatic carbocycles. The zero-order chi connectivity index (χ0) is 20.1. The minimum Gasteiger partial charge on any atom is -0.444 e. The summed E-state index contributed by atoms with van der Waals surface area (Å²) in [6.45, 7) is 7.34. The number of carbonyl (C=O) groups excluding carboxylic acids is 1. The third-order valence-electron chi connectivity index (χ3n) is 6.18. The van der Waals surface area contributed by atoms with Gasteiger partial charge in [0.1, 0.15) is 10.9 Å². The molecule has 3 fully saturated rings. The second-order valence-corrected chi connectivity index (χ2v) is 11.3. The standard InChI is InChI=1S/C21H30N2O4S/c1-21(2,3)27-20(24)23-16-11-12-17(23)19(18(16)22-13-7-8-14-22)28(25,26)15-9-5-4-6-10-15/h4-6,9-10,16-19H,7-8,11-14H2,1-3H3/t16-,17+,18-,19-/m0/s1. The fourth-order valence-electron chi connectivity index (χ4n) is 5.20. The fourth-order valence-corrected chi connectivity index (χ4v) is 7.46. The summed E-state index contributed by atoms with van der Waals surface area (Å²) in [6.07, 6.45) is 3.34. The van der Waals surface area contributed by atoms with E-state index in [1.807, 2.05) is 26.8 Å². The number of likely N-dealkylation sites (tertiary alicyclic amines) is 1. The van der Waals surface area contributed by atoms with Crippen molar-refractivity contribution in [1.82, 2.24) is 9.80 Å². The van der Waals surface area contributed by atoms with Gasteiger partial charge in [-0.2, -0.15) is 0 Å². The number of nitrogens with zero attached hydrogens (tertiary/aromatic N) is 2. The molecule has 3 aliphatic rings. The van der Waals surface area contributed by atoms with Gasteiger partial charge in [0.2, 0.25) is 0 Å². The van der Waals surface area contributed by atoms with Gasteiger partial charge < -0.3 is 4.74 Å². The molecule has 6 nitrogen and oxygen atoms in total. The summed E-state index contributed by atoms with van der Waals surface area (Å²) in [5.74, 6) is 0. The molecule has 28 heavy (non-hydrogen) atoms. The maximum Gasteiger partial charge on any atom is 0.410 e. The minimum absolute atomic E-state index is 0.0959. The van der Waals surface area contributed by atoms with E-state index >= 15 is 0 Å². The van der Waals surface area contributed by atoms with Crippen LogP contribution in [0.2, 0.25) is 0 Å². The molecule has 4 atom stereocenters. The van der Waals surface area contributed by atoms with E-state index in [0.717, 1.165) is 32.4 Å². The molecule has 0 radical (unpaired) electrons. The summed E-state index contributed by atoms with van der Waals surface area (Å²) in [7, 11) is -3.56. The monoisotopic (exact) mass is 406 g/mol. The Balaban J connectivity index is 1.72. The summed E-state index contributed by atoms with van der Waals surface area (Å²) in [5, 5.41) is -0.598. The van der Waals surface area contributed by atoms with Crippen LogP contribution in [-0.4, -0.2) is 66.4 Å². The zero-order valence-corrected chi connectivity index (χ0v) is 17.7. The Hall–Kier alpha value is -1.60. The van der Waals surface area contributed by atoms with Gasteiger partial charge in [-0.25, -0.2) is 13.2 Å². The van der Waals surface area contributed by atoms with Crippen molar-refractivity contribution in [1.29, 1.82) is 0 Å². The molecule has 3 heterocycles. The number of hydrogen-bond acceptors (Lipinski definition) is 5. The molecule has 0 saturated carbocycles. The zero-order valence-electron chi connectivity index (χ0n) is 16.9. The lowest BCUT2D eigenvalue weighted by Gasteiger charge is -2.35. The quantitative estimate of drug-likeness (QED) is 0.772. The number of fused-ring (bicyclic) bond motifs is 2. The molecule has 7 heteroatoms. The molecule has 4 rings (SSSR count). The number of benzene rings is 1. The van der Waals surface area contributed by atoms with Crippen LogP contribution in [-0.2, 0) is 14.6 Å².